The smallest absolute Gasteiger partial charge is 0.265 e. The summed E-state index contributed by atoms with van der Waals surface area (Å²) >= 11 is 0. The van der Waals surface area contributed by atoms with Crippen molar-refractivity contribution in [1.82, 2.24) is 0 Å². The number of primary amides is 1. The van der Waals surface area contributed by atoms with Crippen LogP contribution < -0.4 is 15.8 Å². The molecule has 5 heteroatoms. The van der Waals surface area contributed by atoms with Gasteiger partial charge >= 0.3 is 0 Å². The van der Waals surface area contributed by atoms with E-state index in [0.29, 0.717) is 11.4 Å². The lowest BCUT2D eigenvalue weighted by molar-refractivity contribution is -0.122. The summed E-state index contributed by atoms with van der Waals surface area (Å²) in [5.41, 5.74) is 7.03. The molecule has 0 aliphatic heterocycles. The van der Waals surface area contributed by atoms with Gasteiger partial charge in [-0.25, -0.2) is 0 Å². The zero-order valence-electron chi connectivity index (χ0n) is 12.5. The molecule has 3 N–H and O–H groups in total. The lowest BCUT2D eigenvalue weighted by Crippen LogP contribution is -2.31. The fraction of sp³-hybridized carbons (Fsp3) is 0.176. The van der Waals surface area contributed by atoms with Gasteiger partial charge in [-0.05, 0) is 38.1 Å². The van der Waals surface area contributed by atoms with E-state index in [0.717, 1.165) is 5.56 Å². The second-order valence-corrected chi connectivity index (χ2v) is 4.97. The van der Waals surface area contributed by atoms with Crippen LogP contribution in [-0.4, -0.2) is 17.9 Å². The third kappa shape index (κ3) is 3.85. The number of ether oxygens (including phenoxy) is 1. The van der Waals surface area contributed by atoms with Gasteiger partial charge in [0.2, 0.25) is 0 Å². The van der Waals surface area contributed by atoms with Crippen LogP contribution in [0.1, 0.15) is 22.8 Å². The van der Waals surface area contributed by atoms with Gasteiger partial charge in [0.15, 0.2) is 6.10 Å². The van der Waals surface area contributed by atoms with E-state index >= 15 is 0 Å². The second kappa shape index (κ2) is 6.76. The molecule has 0 unspecified atom stereocenters. The van der Waals surface area contributed by atoms with E-state index in [1.54, 1.807) is 43.3 Å². The molecule has 0 heterocycles. The Kier molecular flexibility index (Phi) is 4.78. The Morgan fingerprint density at radius 2 is 1.73 bits per heavy atom. The SMILES string of the molecule is Cc1ccc(O[C@@H](C)C(=O)Nc2ccccc2C(N)=O)cc1. The molecule has 5 nitrogen and oxygen atoms in total. The molecule has 22 heavy (non-hydrogen) atoms. The highest BCUT2D eigenvalue weighted by atomic mass is 16.5. The van der Waals surface area contributed by atoms with E-state index in [1.165, 1.54) is 0 Å². The van der Waals surface area contributed by atoms with Crippen molar-refractivity contribution in [3.63, 3.8) is 0 Å². The topological polar surface area (TPSA) is 81.4 Å². The maximum absolute atomic E-state index is 12.2. The van der Waals surface area contributed by atoms with Crippen molar-refractivity contribution in [2.45, 2.75) is 20.0 Å². The van der Waals surface area contributed by atoms with Crippen molar-refractivity contribution in [1.29, 1.82) is 0 Å². The molecule has 0 aliphatic carbocycles. The molecule has 2 amide bonds. The lowest BCUT2D eigenvalue weighted by atomic mass is 10.1. The fourth-order valence-corrected chi connectivity index (χ4v) is 1.92. The molecule has 114 valence electrons. The first-order valence-corrected chi connectivity index (χ1v) is 6.90. The van der Waals surface area contributed by atoms with Crippen LogP contribution in [0, 0.1) is 6.92 Å². The number of para-hydroxylation sites is 1. The quantitative estimate of drug-likeness (QED) is 0.889. The number of carbonyl (C=O) groups excluding carboxylic acids is 2. The summed E-state index contributed by atoms with van der Waals surface area (Å²) in [6.45, 7) is 3.61. The summed E-state index contributed by atoms with van der Waals surface area (Å²) in [6, 6.07) is 14.0. The number of hydrogen-bond acceptors (Lipinski definition) is 3. The average molecular weight is 298 g/mol. The van der Waals surface area contributed by atoms with Gasteiger partial charge in [-0.1, -0.05) is 29.8 Å². The van der Waals surface area contributed by atoms with E-state index < -0.39 is 12.0 Å². The third-order valence-corrected chi connectivity index (χ3v) is 3.15. The first-order chi connectivity index (χ1) is 10.5. The van der Waals surface area contributed by atoms with Crippen LogP contribution in [0.5, 0.6) is 5.75 Å². The van der Waals surface area contributed by atoms with E-state index in [9.17, 15) is 9.59 Å². The minimum atomic E-state index is -0.705. The monoisotopic (exact) mass is 298 g/mol. The number of benzene rings is 2. The first-order valence-electron chi connectivity index (χ1n) is 6.90. The molecule has 0 aliphatic rings. The Bertz CT molecular complexity index is 681. The maximum atomic E-state index is 12.2. The summed E-state index contributed by atoms with van der Waals surface area (Å²) in [6.07, 6.45) is -0.705. The van der Waals surface area contributed by atoms with Crippen molar-refractivity contribution in [2.75, 3.05) is 5.32 Å². The Morgan fingerprint density at radius 3 is 2.36 bits per heavy atom. The van der Waals surface area contributed by atoms with Crippen LogP contribution >= 0.6 is 0 Å². The maximum Gasteiger partial charge on any atom is 0.265 e. The molecular weight excluding hydrogens is 280 g/mol. The van der Waals surface area contributed by atoms with Crippen LogP contribution in [0.3, 0.4) is 0 Å². The zero-order chi connectivity index (χ0) is 16.1. The van der Waals surface area contributed by atoms with Crippen molar-refractivity contribution in [2.24, 2.45) is 5.73 Å². The average Bonchev–Trinajstić information content (AvgIpc) is 2.49. The Morgan fingerprint density at radius 1 is 1.09 bits per heavy atom. The molecule has 0 saturated heterocycles. The normalized spacial score (nSPS) is 11.5. The van der Waals surface area contributed by atoms with E-state index in [4.69, 9.17) is 10.5 Å². The van der Waals surface area contributed by atoms with Crippen LogP contribution in [0.15, 0.2) is 48.5 Å². The lowest BCUT2D eigenvalue weighted by Gasteiger charge is -2.16. The van der Waals surface area contributed by atoms with Gasteiger partial charge in [0.25, 0.3) is 11.8 Å². The predicted molar refractivity (Wildman–Crippen MR) is 84.9 cm³/mol. The third-order valence-electron chi connectivity index (χ3n) is 3.15. The molecule has 1 atom stereocenters. The molecule has 0 spiro atoms. The van der Waals surface area contributed by atoms with Crippen molar-refractivity contribution >= 4 is 17.5 Å². The van der Waals surface area contributed by atoms with Crippen molar-refractivity contribution in [3.05, 3.63) is 59.7 Å². The molecule has 0 bridgehead atoms. The summed E-state index contributed by atoms with van der Waals surface area (Å²) in [7, 11) is 0. The highest BCUT2D eigenvalue weighted by molar-refractivity contribution is 6.03. The number of amides is 2. The highest BCUT2D eigenvalue weighted by Gasteiger charge is 2.17. The molecule has 0 radical (unpaired) electrons. The number of nitrogens with two attached hydrogens (primary N) is 1. The molecule has 0 fully saturated rings. The number of rotatable bonds is 5. The van der Waals surface area contributed by atoms with Crippen molar-refractivity contribution in [3.8, 4) is 5.75 Å². The largest absolute Gasteiger partial charge is 0.481 e. The van der Waals surface area contributed by atoms with E-state index in [2.05, 4.69) is 5.32 Å². The molecule has 2 aromatic carbocycles. The van der Waals surface area contributed by atoms with Gasteiger partial charge in [-0.15, -0.1) is 0 Å². The minimum Gasteiger partial charge on any atom is -0.481 e. The van der Waals surface area contributed by atoms with Crippen LogP contribution in [-0.2, 0) is 4.79 Å². The molecule has 2 rings (SSSR count). The first kappa shape index (κ1) is 15.6. The van der Waals surface area contributed by atoms with Gasteiger partial charge in [-0.2, -0.15) is 0 Å². The standard InChI is InChI=1S/C17H18N2O3/c1-11-7-9-13(10-8-11)22-12(2)17(21)19-15-6-4-3-5-14(15)16(18)20/h3-10,12H,1-2H3,(H2,18,20)(H,19,21)/t12-/m0/s1. The summed E-state index contributed by atoms with van der Waals surface area (Å²) < 4.78 is 5.58. The highest BCUT2D eigenvalue weighted by Crippen LogP contribution is 2.17. The predicted octanol–water partition coefficient (Wildman–Crippen LogP) is 2.50. The summed E-state index contributed by atoms with van der Waals surface area (Å²) in [5, 5.41) is 2.66. The van der Waals surface area contributed by atoms with Gasteiger partial charge in [-0.3, -0.25) is 9.59 Å². The van der Waals surface area contributed by atoms with E-state index in [1.807, 2.05) is 19.1 Å². The molecular formula is C17H18N2O3. The van der Waals surface area contributed by atoms with Gasteiger partial charge in [0.05, 0.1) is 11.3 Å². The zero-order valence-corrected chi connectivity index (χ0v) is 12.5. The van der Waals surface area contributed by atoms with Gasteiger partial charge < -0.3 is 15.8 Å². The minimum absolute atomic E-state index is 0.262. The Labute approximate surface area is 129 Å². The Balaban J connectivity index is 2.05. The number of nitrogens with one attached hydrogen (secondary N) is 1. The Hall–Kier alpha value is -2.82. The van der Waals surface area contributed by atoms with Gasteiger partial charge in [0.1, 0.15) is 5.75 Å². The van der Waals surface area contributed by atoms with Crippen LogP contribution in [0.2, 0.25) is 0 Å². The summed E-state index contributed by atoms with van der Waals surface area (Å²) in [4.78, 5) is 23.5. The van der Waals surface area contributed by atoms with Gasteiger partial charge in [0, 0.05) is 0 Å². The molecule has 0 saturated carbocycles. The number of carbonyl (C=O) groups is 2. The van der Waals surface area contributed by atoms with Crippen LogP contribution in [0.25, 0.3) is 0 Å². The number of aryl methyl sites for hydroxylation is 1. The van der Waals surface area contributed by atoms with E-state index in [-0.39, 0.29) is 11.5 Å². The number of hydrogen-bond donors (Lipinski definition) is 2. The number of anilines is 1. The molecule has 2 aromatic rings. The molecule has 0 aromatic heterocycles. The van der Waals surface area contributed by atoms with Crippen LogP contribution in [0.4, 0.5) is 5.69 Å². The second-order valence-electron chi connectivity index (χ2n) is 4.97. The fourth-order valence-electron chi connectivity index (χ4n) is 1.92. The summed E-state index contributed by atoms with van der Waals surface area (Å²) in [5.74, 6) is -0.339. The van der Waals surface area contributed by atoms with Crippen molar-refractivity contribution < 1.29 is 14.3 Å².